The van der Waals surface area contributed by atoms with E-state index in [1.165, 1.54) is 6.92 Å². The highest BCUT2D eigenvalue weighted by Crippen LogP contribution is 2.21. The summed E-state index contributed by atoms with van der Waals surface area (Å²) in [5.74, 6) is -0.239. The van der Waals surface area contributed by atoms with Gasteiger partial charge in [-0.3, -0.25) is 4.79 Å². The van der Waals surface area contributed by atoms with E-state index in [0.717, 1.165) is 5.56 Å². The third kappa shape index (κ3) is 4.10. The summed E-state index contributed by atoms with van der Waals surface area (Å²) < 4.78 is 0. The number of hydrogen-bond donors (Lipinski definition) is 4. The third-order valence-electron chi connectivity index (χ3n) is 2.71. The van der Waals surface area contributed by atoms with Crippen molar-refractivity contribution >= 4 is 5.91 Å². The van der Waals surface area contributed by atoms with E-state index in [-0.39, 0.29) is 12.5 Å². The predicted molar refractivity (Wildman–Crippen MR) is 68.9 cm³/mol. The van der Waals surface area contributed by atoms with Crippen molar-refractivity contribution in [1.29, 1.82) is 0 Å². The summed E-state index contributed by atoms with van der Waals surface area (Å²) in [5, 5.41) is 22.4. The molecular weight excluding hydrogens is 232 g/mol. The second kappa shape index (κ2) is 7.10. The van der Waals surface area contributed by atoms with Gasteiger partial charge in [0, 0.05) is 13.5 Å². The molecule has 0 aromatic heterocycles. The fraction of sp³-hybridized carbons (Fsp3) is 0.462. The lowest BCUT2D eigenvalue weighted by Crippen LogP contribution is -2.34. The van der Waals surface area contributed by atoms with Crippen LogP contribution in [0.2, 0.25) is 0 Å². The Bertz CT molecular complexity index is 396. The largest absolute Gasteiger partial charge is 0.388 e. The van der Waals surface area contributed by atoms with Gasteiger partial charge in [-0.2, -0.15) is 0 Å². The van der Waals surface area contributed by atoms with E-state index in [4.69, 9.17) is 5.73 Å². The number of amides is 1. The molecule has 5 heteroatoms. The Labute approximate surface area is 107 Å². The van der Waals surface area contributed by atoms with E-state index >= 15 is 0 Å². The van der Waals surface area contributed by atoms with Crippen molar-refractivity contribution in [3.63, 3.8) is 0 Å². The van der Waals surface area contributed by atoms with Crippen LogP contribution in [-0.2, 0) is 11.2 Å². The average molecular weight is 252 g/mol. The van der Waals surface area contributed by atoms with E-state index in [1.807, 2.05) is 12.1 Å². The lowest BCUT2D eigenvalue weighted by atomic mass is 9.96. The van der Waals surface area contributed by atoms with Crippen LogP contribution < -0.4 is 11.1 Å². The zero-order valence-corrected chi connectivity index (χ0v) is 10.5. The summed E-state index contributed by atoms with van der Waals surface area (Å²) >= 11 is 0. The van der Waals surface area contributed by atoms with Gasteiger partial charge in [-0.15, -0.1) is 0 Å². The number of benzene rings is 1. The molecule has 0 bridgehead atoms. The molecular formula is C13H20N2O3. The fourth-order valence-corrected chi connectivity index (χ4v) is 1.77. The van der Waals surface area contributed by atoms with Gasteiger partial charge in [-0.25, -0.2) is 0 Å². The molecule has 1 aromatic carbocycles. The standard InChI is InChI=1S/C13H20N2O3/c1-9(16)15-8-12(17)13(18)11-5-3-2-4-10(11)6-7-14/h2-5,12-13,17-18H,6-8,14H2,1H3,(H,15,16). The summed E-state index contributed by atoms with van der Waals surface area (Å²) in [4.78, 5) is 10.8. The van der Waals surface area contributed by atoms with Crippen molar-refractivity contribution in [2.24, 2.45) is 5.73 Å². The summed E-state index contributed by atoms with van der Waals surface area (Å²) in [6, 6.07) is 7.29. The summed E-state index contributed by atoms with van der Waals surface area (Å²) in [6.07, 6.45) is -1.42. The van der Waals surface area contributed by atoms with Gasteiger partial charge >= 0.3 is 0 Å². The zero-order chi connectivity index (χ0) is 13.5. The molecule has 0 aliphatic rings. The topological polar surface area (TPSA) is 95.6 Å². The number of rotatable bonds is 6. The van der Waals surface area contributed by atoms with Crippen LogP contribution in [0.4, 0.5) is 0 Å². The van der Waals surface area contributed by atoms with Crippen LogP contribution in [-0.4, -0.2) is 35.3 Å². The van der Waals surface area contributed by atoms with Gasteiger partial charge in [-0.05, 0) is 24.1 Å². The van der Waals surface area contributed by atoms with Crippen molar-refractivity contribution in [1.82, 2.24) is 5.32 Å². The lowest BCUT2D eigenvalue weighted by Gasteiger charge is -2.20. The second-order valence-electron chi connectivity index (χ2n) is 4.19. The van der Waals surface area contributed by atoms with Crippen molar-refractivity contribution in [2.45, 2.75) is 25.6 Å². The van der Waals surface area contributed by atoms with Gasteiger partial charge in [0.15, 0.2) is 0 Å². The van der Waals surface area contributed by atoms with E-state index in [9.17, 15) is 15.0 Å². The number of aliphatic hydroxyl groups excluding tert-OH is 2. The maximum absolute atomic E-state index is 10.8. The molecule has 5 nitrogen and oxygen atoms in total. The van der Waals surface area contributed by atoms with E-state index < -0.39 is 12.2 Å². The molecule has 2 unspecified atom stereocenters. The number of hydrogen-bond acceptors (Lipinski definition) is 4. The quantitative estimate of drug-likeness (QED) is 0.560. The molecule has 0 saturated carbocycles. The number of nitrogens with one attached hydrogen (secondary N) is 1. The Balaban J connectivity index is 2.75. The molecule has 100 valence electrons. The van der Waals surface area contributed by atoms with Gasteiger partial charge in [0.25, 0.3) is 0 Å². The maximum atomic E-state index is 10.8. The predicted octanol–water partition coefficient (Wildman–Crippen LogP) is -0.282. The second-order valence-corrected chi connectivity index (χ2v) is 4.19. The molecule has 18 heavy (non-hydrogen) atoms. The van der Waals surface area contributed by atoms with Crippen molar-refractivity contribution in [2.75, 3.05) is 13.1 Å². The van der Waals surface area contributed by atoms with Crippen molar-refractivity contribution in [3.05, 3.63) is 35.4 Å². The van der Waals surface area contributed by atoms with E-state index in [1.54, 1.807) is 12.1 Å². The smallest absolute Gasteiger partial charge is 0.216 e. The maximum Gasteiger partial charge on any atom is 0.216 e. The van der Waals surface area contributed by atoms with Crippen LogP contribution in [0.15, 0.2) is 24.3 Å². The molecule has 0 aliphatic carbocycles. The first-order valence-corrected chi connectivity index (χ1v) is 5.94. The number of aliphatic hydroxyl groups is 2. The zero-order valence-electron chi connectivity index (χ0n) is 10.5. The van der Waals surface area contributed by atoms with Crippen LogP contribution in [0.5, 0.6) is 0 Å². The molecule has 0 heterocycles. The summed E-state index contributed by atoms with van der Waals surface area (Å²) in [6.45, 7) is 1.86. The first-order chi connectivity index (χ1) is 8.56. The van der Waals surface area contributed by atoms with Crippen LogP contribution in [0.25, 0.3) is 0 Å². The highest BCUT2D eigenvalue weighted by Gasteiger charge is 2.20. The highest BCUT2D eigenvalue weighted by atomic mass is 16.3. The van der Waals surface area contributed by atoms with Gasteiger partial charge in [0.1, 0.15) is 12.2 Å². The molecule has 0 saturated heterocycles. The highest BCUT2D eigenvalue weighted by molar-refractivity contribution is 5.72. The molecule has 0 radical (unpaired) electrons. The van der Waals surface area contributed by atoms with Crippen LogP contribution in [0.3, 0.4) is 0 Å². The van der Waals surface area contributed by atoms with E-state index in [0.29, 0.717) is 18.5 Å². The minimum atomic E-state index is -1.03. The van der Waals surface area contributed by atoms with Crippen molar-refractivity contribution in [3.8, 4) is 0 Å². The Hall–Kier alpha value is -1.43. The SMILES string of the molecule is CC(=O)NCC(O)C(O)c1ccccc1CCN. The molecule has 5 N–H and O–H groups in total. The first-order valence-electron chi connectivity index (χ1n) is 5.94. The lowest BCUT2D eigenvalue weighted by molar-refractivity contribution is -0.119. The minimum absolute atomic E-state index is 0.0213. The Morgan fingerprint density at radius 1 is 1.39 bits per heavy atom. The van der Waals surface area contributed by atoms with Gasteiger partial charge < -0.3 is 21.3 Å². The van der Waals surface area contributed by atoms with Crippen molar-refractivity contribution < 1.29 is 15.0 Å². The Morgan fingerprint density at radius 2 is 2.06 bits per heavy atom. The van der Waals surface area contributed by atoms with Crippen LogP contribution in [0, 0.1) is 0 Å². The Kier molecular flexibility index (Phi) is 5.77. The van der Waals surface area contributed by atoms with Crippen LogP contribution >= 0.6 is 0 Å². The monoisotopic (exact) mass is 252 g/mol. The molecule has 0 spiro atoms. The third-order valence-corrected chi connectivity index (χ3v) is 2.71. The first kappa shape index (κ1) is 14.6. The normalized spacial score (nSPS) is 14.0. The Morgan fingerprint density at radius 3 is 2.67 bits per heavy atom. The van der Waals surface area contributed by atoms with Crippen LogP contribution in [0.1, 0.15) is 24.2 Å². The fourth-order valence-electron chi connectivity index (χ4n) is 1.77. The summed E-state index contributed by atoms with van der Waals surface area (Å²) in [7, 11) is 0. The van der Waals surface area contributed by atoms with E-state index in [2.05, 4.69) is 5.32 Å². The number of carbonyl (C=O) groups excluding carboxylic acids is 1. The number of carbonyl (C=O) groups is 1. The number of nitrogens with two attached hydrogens (primary N) is 1. The molecule has 0 aliphatic heterocycles. The van der Waals surface area contributed by atoms with Gasteiger partial charge in [0.2, 0.25) is 5.91 Å². The molecule has 1 amide bonds. The molecule has 1 rings (SSSR count). The average Bonchev–Trinajstić information content (AvgIpc) is 2.36. The minimum Gasteiger partial charge on any atom is -0.388 e. The van der Waals surface area contributed by atoms with Gasteiger partial charge in [-0.1, -0.05) is 24.3 Å². The van der Waals surface area contributed by atoms with Gasteiger partial charge in [0.05, 0.1) is 0 Å². The summed E-state index contributed by atoms with van der Waals surface area (Å²) in [5.41, 5.74) is 7.07. The molecule has 1 aromatic rings. The molecule has 0 fully saturated rings. The molecule has 2 atom stereocenters.